The van der Waals surface area contributed by atoms with Gasteiger partial charge in [-0.05, 0) is 54.6 Å². The third kappa shape index (κ3) is 5.29. The van der Waals surface area contributed by atoms with Crippen molar-refractivity contribution in [2.24, 2.45) is 0 Å². The molecule has 3 aromatic rings. The molecular weight excluding hydrogens is 463 g/mol. The molecule has 1 saturated heterocycles. The minimum absolute atomic E-state index is 0.0865. The molecule has 0 N–H and O–H groups in total. The minimum atomic E-state index is 0.0865. The van der Waals surface area contributed by atoms with Crippen LogP contribution >= 0.6 is 34.5 Å². The molecule has 1 aliphatic heterocycles. The van der Waals surface area contributed by atoms with E-state index in [1.165, 1.54) is 16.9 Å². The summed E-state index contributed by atoms with van der Waals surface area (Å²) in [4.78, 5) is 18.0. The molecule has 0 bridgehead atoms. The van der Waals surface area contributed by atoms with Crippen LogP contribution in [-0.4, -0.2) is 41.9 Å². The average Bonchev–Trinajstić information content (AvgIpc) is 3.26. The SMILES string of the molecule is Cc1cccc(OCc2csc(C(=O)N3CCN(Cc4c(Cl)cccc4Cl)CC3)c2)c1C. The van der Waals surface area contributed by atoms with Crippen molar-refractivity contribution >= 4 is 40.4 Å². The summed E-state index contributed by atoms with van der Waals surface area (Å²) in [7, 11) is 0. The predicted molar refractivity (Wildman–Crippen MR) is 132 cm³/mol. The molecule has 1 amide bonds. The van der Waals surface area contributed by atoms with Crippen molar-refractivity contribution in [3.8, 4) is 5.75 Å². The van der Waals surface area contributed by atoms with E-state index in [0.717, 1.165) is 40.4 Å². The van der Waals surface area contributed by atoms with Crippen molar-refractivity contribution in [2.45, 2.75) is 27.0 Å². The number of carbonyl (C=O) groups is 1. The van der Waals surface area contributed by atoms with Crippen molar-refractivity contribution in [1.29, 1.82) is 0 Å². The number of hydrogen-bond donors (Lipinski definition) is 0. The van der Waals surface area contributed by atoms with E-state index < -0.39 is 0 Å². The lowest BCUT2D eigenvalue weighted by Gasteiger charge is -2.34. The first-order valence-corrected chi connectivity index (χ1v) is 12.3. The second kappa shape index (κ2) is 10.3. The first-order chi connectivity index (χ1) is 15.4. The van der Waals surface area contributed by atoms with Crippen molar-refractivity contribution < 1.29 is 9.53 Å². The highest BCUT2D eigenvalue weighted by molar-refractivity contribution is 7.12. The Morgan fingerprint density at radius 2 is 1.72 bits per heavy atom. The Morgan fingerprint density at radius 3 is 2.44 bits per heavy atom. The molecule has 0 spiro atoms. The second-order valence-corrected chi connectivity index (χ2v) is 9.80. The number of thiophene rings is 1. The zero-order valence-corrected chi connectivity index (χ0v) is 20.6. The molecule has 168 valence electrons. The number of nitrogens with zero attached hydrogens (tertiary/aromatic N) is 2. The Kier molecular flexibility index (Phi) is 7.41. The maximum absolute atomic E-state index is 13.0. The maximum Gasteiger partial charge on any atom is 0.264 e. The van der Waals surface area contributed by atoms with E-state index in [0.29, 0.717) is 36.3 Å². The molecule has 0 saturated carbocycles. The molecule has 2 heterocycles. The Labute approximate surface area is 203 Å². The number of aryl methyl sites for hydroxylation is 1. The molecular formula is C25H26Cl2N2O2S. The fourth-order valence-corrected chi connectivity index (χ4v) is 5.16. The van der Waals surface area contributed by atoms with E-state index in [1.54, 1.807) is 0 Å². The highest BCUT2D eigenvalue weighted by atomic mass is 35.5. The van der Waals surface area contributed by atoms with Crippen LogP contribution in [-0.2, 0) is 13.2 Å². The number of ether oxygens (including phenoxy) is 1. The average molecular weight is 489 g/mol. The number of halogens is 2. The quantitative estimate of drug-likeness (QED) is 0.413. The maximum atomic E-state index is 13.0. The molecule has 4 rings (SSSR count). The van der Waals surface area contributed by atoms with Crippen LogP contribution in [0.25, 0.3) is 0 Å². The van der Waals surface area contributed by atoms with Crippen LogP contribution in [0.1, 0.15) is 31.9 Å². The van der Waals surface area contributed by atoms with Gasteiger partial charge in [0.15, 0.2) is 0 Å². The predicted octanol–water partition coefficient (Wildman–Crippen LogP) is 6.21. The van der Waals surface area contributed by atoms with Gasteiger partial charge >= 0.3 is 0 Å². The molecule has 0 aliphatic carbocycles. The van der Waals surface area contributed by atoms with Crippen molar-refractivity contribution in [1.82, 2.24) is 9.80 Å². The summed E-state index contributed by atoms with van der Waals surface area (Å²) < 4.78 is 5.99. The first kappa shape index (κ1) is 23.1. The number of piperazine rings is 1. The molecule has 1 aliphatic rings. The van der Waals surface area contributed by atoms with Gasteiger partial charge in [0, 0.05) is 53.9 Å². The molecule has 32 heavy (non-hydrogen) atoms. The Morgan fingerprint density at radius 1 is 1.03 bits per heavy atom. The standard InChI is InChI=1S/C25H26Cl2N2O2S/c1-17-5-3-8-23(18(17)2)31-15-19-13-24(32-16-19)25(30)29-11-9-28(10-12-29)14-20-21(26)6-4-7-22(20)27/h3-8,13,16H,9-12,14-15H2,1-2H3. The van der Waals surface area contributed by atoms with Gasteiger partial charge in [0.1, 0.15) is 12.4 Å². The monoisotopic (exact) mass is 488 g/mol. The lowest BCUT2D eigenvalue weighted by atomic mass is 10.1. The molecule has 1 aromatic heterocycles. The number of rotatable bonds is 6. The van der Waals surface area contributed by atoms with Crippen LogP contribution in [0.2, 0.25) is 10.0 Å². The van der Waals surface area contributed by atoms with Gasteiger partial charge in [0.05, 0.1) is 4.88 Å². The fraction of sp³-hybridized carbons (Fsp3) is 0.320. The Balaban J connectivity index is 1.31. The van der Waals surface area contributed by atoms with Crippen LogP contribution in [0, 0.1) is 13.8 Å². The molecule has 2 aromatic carbocycles. The summed E-state index contributed by atoms with van der Waals surface area (Å²) >= 11 is 14.1. The normalized spacial score (nSPS) is 14.6. The smallest absolute Gasteiger partial charge is 0.264 e. The third-order valence-corrected chi connectivity index (χ3v) is 7.59. The minimum Gasteiger partial charge on any atom is -0.489 e. The van der Waals surface area contributed by atoms with Crippen molar-refractivity contribution in [3.63, 3.8) is 0 Å². The van der Waals surface area contributed by atoms with Gasteiger partial charge in [-0.25, -0.2) is 0 Å². The van der Waals surface area contributed by atoms with Crippen LogP contribution in [0.3, 0.4) is 0 Å². The largest absolute Gasteiger partial charge is 0.489 e. The number of amides is 1. The summed E-state index contributed by atoms with van der Waals surface area (Å²) in [6.45, 7) is 8.25. The van der Waals surface area contributed by atoms with Gasteiger partial charge < -0.3 is 9.64 Å². The second-order valence-electron chi connectivity index (χ2n) is 8.07. The Bertz CT molecular complexity index is 1090. The third-order valence-electron chi connectivity index (χ3n) is 5.92. The number of hydrogen-bond acceptors (Lipinski definition) is 4. The first-order valence-electron chi connectivity index (χ1n) is 10.6. The molecule has 7 heteroatoms. The molecule has 4 nitrogen and oxygen atoms in total. The summed E-state index contributed by atoms with van der Waals surface area (Å²) in [5.74, 6) is 0.974. The van der Waals surface area contributed by atoms with Gasteiger partial charge in [-0.1, -0.05) is 41.4 Å². The van der Waals surface area contributed by atoms with Crippen molar-refractivity contribution in [3.05, 3.63) is 85.0 Å². The molecule has 0 unspecified atom stereocenters. The van der Waals surface area contributed by atoms with Crippen molar-refractivity contribution in [2.75, 3.05) is 26.2 Å². The van der Waals surface area contributed by atoms with Crippen LogP contribution in [0.15, 0.2) is 47.8 Å². The molecule has 0 atom stereocenters. The Hall–Kier alpha value is -2.05. The van der Waals surface area contributed by atoms with E-state index in [1.807, 2.05) is 46.7 Å². The number of carbonyl (C=O) groups excluding carboxylic acids is 1. The fourth-order valence-electron chi connectivity index (χ4n) is 3.78. The summed E-state index contributed by atoms with van der Waals surface area (Å²) in [6, 6.07) is 13.6. The van der Waals surface area contributed by atoms with Gasteiger partial charge in [0.2, 0.25) is 0 Å². The lowest BCUT2D eigenvalue weighted by molar-refractivity contribution is 0.0633. The van der Waals surface area contributed by atoms with E-state index in [4.69, 9.17) is 27.9 Å². The lowest BCUT2D eigenvalue weighted by Crippen LogP contribution is -2.48. The van der Waals surface area contributed by atoms with Crippen LogP contribution < -0.4 is 4.74 Å². The molecule has 1 fully saturated rings. The number of benzene rings is 2. The topological polar surface area (TPSA) is 32.8 Å². The van der Waals surface area contributed by atoms with E-state index in [-0.39, 0.29) is 5.91 Å². The van der Waals surface area contributed by atoms with E-state index in [9.17, 15) is 4.79 Å². The zero-order chi connectivity index (χ0) is 22.7. The zero-order valence-electron chi connectivity index (χ0n) is 18.2. The van der Waals surface area contributed by atoms with Gasteiger partial charge in [0.25, 0.3) is 5.91 Å². The molecule has 0 radical (unpaired) electrons. The van der Waals surface area contributed by atoms with Gasteiger partial charge in [-0.15, -0.1) is 11.3 Å². The highest BCUT2D eigenvalue weighted by Crippen LogP contribution is 2.27. The highest BCUT2D eigenvalue weighted by Gasteiger charge is 2.24. The summed E-state index contributed by atoms with van der Waals surface area (Å²) in [5.41, 5.74) is 4.32. The van der Waals surface area contributed by atoms with Gasteiger partial charge in [-0.2, -0.15) is 0 Å². The van der Waals surface area contributed by atoms with E-state index >= 15 is 0 Å². The van der Waals surface area contributed by atoms with E-state index in [2.05, 4.69) is 24.8 Å². The summed E-state index contributed by atoms with van der Waals surface area (Å²) in [5, 5.41) is 3.38. The summed E-state index contributed by atoms with van der Waals surface area (Å²) in [6.07, 6.45) is 0. The van der Waals surface area contributed by atoms with Crippen LogP contribution in [0.5, 0.6) is 5.75 Å². The van der Waals surface area contributed by atoms with Crippen LogP contribution in [0.4, 0.5) is 0 Å². The van der Waals surface area contributed by atoms with Gasteiger partial charge in [-0.3, -0.25) is 9.69 Å².